The third-order valence-corrected chi connectivity index (χ3v) is 5.71. The van der Waals surface area contributed by atoms with Crippen molar-refractivity contribution in [3.05, 3.63) is 90.3 Å². The molecule has 5 heteroatoms. The first-order valence-corrected chi connectivity index (χ1v) is 10.1. The molecular formula is C24H24N4O. The van der Waals surface area contributed by atoms with Gasteiger partial charge in [0.1, 0.15) is 0 Å². The molecule has 5 nitrogen and oxygen atoms in total. The smallest absolute Gasteiger partial charge is 0.190 e. The van der Waals surface area contributed by atoms with Gasteiger partial charge in [-0.3, -0.25) is 9.88 Å². The van der Waals surface area contributed by atoms with Gasteiger partial charge in [-0.25, -0.2) is 15.3 Å². The molecule has 1 aromatic heterocycles. The van der Waals surface area contributed by atoms with E-state index in [2.05, 4.69) is 70.0 Å². The quantitative estimate of drug-likeness (QED) is 0.738. The molecule has 3 heterocycles. The summed E-state index contributed by atoms with van der Waals surface area (Å²) in [5, 5.41) is 0. The summed E-state index contributed by atoms with van der Waals surface area (Å²) in [6.45, 7) is 2.94. The van der Waals surface area contributed by atoms with E-state index in [1.54, 1.807) is 0 Å². The number of amidine groups is 1. The molecule has 3 aromatic rings. The average Bonchev–Trinajstić information content (AvgIpc) is 3.21. The summed E-state index contributed by atoms with van der Waals surface area (Å²) in [6, 6.07) is 23.1. The molecule has 0 unspecified atom stereocenters. The van der Waals surface area contributed by atoms with E-state index in [1.807, 2.05) is 24.5 Å². The van der Waals surface area contributed by atoms with Crippen molar-refractivity contribution in [1.29, 1.82) is 0 Å². The van der Waals surface area contributed by atoms with E-state index in [4.69, 9.17) is 9.83 Å². The molecule has 0 atom stereocenters. The highest BCUT2D eigenvalue weighted by molar-refractivity contribution is 5.99. The third kappa shape index (κ3) is 3.92. The molecule has 1 spiro atoms. The van der Waals surface area contributed by atoms with Crippen LogP contribution in [0.5, 0.6) is 0 Å². The Labute approximate surface area is 171 Å². The zero-order chi connectivity index (χ0) is 19.5. The maximum Gasteiger partial charge on any atom is 0.190 e. The van der Waals surface area contributed by atoms with Crippen LogP contribution in [-0.2, 0) is 11.4 Å². The third-order valence-electron chi connectivity index (χ3n) is 5.71. The van der Waals surface area contributed by atoms with E-state index in [0.717, 1.165) is 49.4 Å². The lowest BCUT2D eigenvalue weighted by molar-refractivity contribution is -0.0901. The van der Waals surface area contributed by atoms with Gasteiger partial charge in [-0.15, -0.1) is 0 Å². The van der Waals surface area contributed by atoms with Crippen LogP contribution < -0.4 is 5.48 Å². The molecule has 146 valence electrons. The molecule has 1 N–H and O–H groups in total. The van der Waals surface area contributed by atoms with Crippen molar-refractivity contribution in [3.63, 3.8) is 0 Å². The average molecular weight is 384 g/mol. The molecule has 2 aromatic carbocycles. The molecular weight excluding hydrogens is 360 g/mol. The predicted molar refractivity (Wildman–Crippen MR) is 114 cm³/mol. The van der Waals surface area contributed by atoms with Crippen molar-refractivity contribution in [2.24, 2.45) is 4.99 Å². The first kappa shape index (κ1) is 18.0. The molecule has 5 rings (SSSR count). The number of aromatic nitrogens is 1. The highest BCUT2D eigenvalue weighted by atomic mass is 16.7. The molecule has 1 saturated heterocycles. The number of benzene rings is 2. The summed E-state index contributed by atoms with van der Waals surface area (Å²) in [7, 11) is 0. The van der Waals surface area contributed by atoms with Crippen LogP contribution in [0, 0.1) is 0 Å². The van der Waals surface area contributed by atoms with Gasteiger partial charge in [0.2, 0.25) is 0 Å². The SMILES string of the molecule is c1ccc(CN2CCC3(CC2)N=C(c2ccc(-c4ccncc4)cc2)NO3)cc1. The lowest BCUT2D eigenvalue weighted by atomic mass is 10.00. The number of aliphatic imine (C=N–C) groups is 1. The van der Waals surface area contributed by atoms with Crippen molar-refractivity contribution in [1.82, 2.24) is 15.4 Å². The Hall–Kier alpha value is -3.02. The van der Waals surface area contributed by atoms with Crippen molar-refractivity contribution >= 4 is 5.84 Å². The Morgan fingerprint density at radius 1 is 0.828 bits per heavy atom. The van der Waals surface area contributed by atoms with Gasteiger partial charge in [0.25, 0.3) is 0 Å². The van der Waals surface area contributed by atoms with Crippen LogP contribution >= 0.6 is 0 Å². The lowest BCUT2D eigenvalue weighted by Gasteiger charge is -2.35. The number of hydrogen-bond acceptors (Lipinski definition) is 5. The minimum atomic E-state index is -0.438. The molecule has 2 aliphatic heterocycles. The minimum Gasteiger partial charge on any atom is -0.299 e. The van der Waals surface area contributed by atoms with Gasteiger partial charge in [-0.1, -0.05) is 54.6 Å². The van der Waals surface area contributed by atoms with Crippen LogP contribution in [-0.4, -0.2) is 34.5 Å². The first-order valence-electron chi connectivity index (χ1n) is 10.1. The number of nitrogens with zero attached hydrogens (tertiary/aromatic N) is 3. The van der Waals surface area contributed by atoms with Gasteiger partial charge >= 0.3 is 0 Å². The van der Waals surface area contributed by atoms with Crippen LogP contribution in [0.4, 0.5) is 0 Å². The largest absolute Gasteiger partial charge is 0.299 e. The molecule has 29 heavy (non-hydrogen) atoms. The summed E-state index contributed by atoms with van der Waals surface area (Å²) >= 11 is 0. The Bertz CT molecular complexity index is 978. The van der Waals surface area contributed by atoms with Crippen LogP contribution in [0.1, 0.15) is 24.0 Å². The van der Waals surface area contributed by atoms with E-state index in [9.17, 15) is 0 Å². The number of rotatable bonds is 4. The molecule has 0 saturated carbocycles. The van der Waals surface area contributed by atoms with Crippen molar-refractivity contribution in [2.75, 3.05) is 13.1 Å². The second-order valence-electron chi connectivity index (χ2n) is 7.69. The summed E-state index contributed by atoms with van der Waals surface area (Å²) in [5.74, 6) is 0.822. The Balaban J connectivity index is 1.25. The van der Waals surface area contributed by atoms with Crippen molar-refractivity contribution < 1.29 is 4.84 Å². The molecule has 0 aliphatic carbocycles. The molecule has 2 aliphatic rings. The maximum absolute atomic E-state index is 5.97. The van der Waals surface area contributed by atoms with Crippen LogP contribution in [0.15, 0.2) is 84.1 Å². The number of pyridine rings is 1. The fourth-order valence-corrected chi connectivity index (χ4v) is 4.00. The summed E-state index contributed by atoms with van der Waals surface area (Å²) in [5.41, 5.74) is 7.37. The molecule has 0 radical (unpaired) electrons. The number of hydroxylamine groups is 1. The molecule has 0 bridgehead atoms. The number of likely N-dealkylation sites (tertiary alicyclic amines) is 1. The summed E-state index contributed by atoms with van der Waals surface area (Å²) in [6.07, 6.45) is 5.41. The van der Waals surface area contributed by atoms with E-state index < -0.39 is 5.72 Å². The fraction of sp³-hybridized carbons (Fsp3) is 0.250. The zero-order valence-corrected chi connectivity index (χ0v) is 16.3. The standard InChI is InChI=1S/C24H24N4O/c1-2-4-19(5-3-1)18-28-16-12-24(13-17-28)26-23(27-29-24)22-8-6-20(7-9-22)21-10-14-25-15-11-21/h1-11,14-15H,12-13,16-18H2,(H,26,27). The topological polar surface area (TPSA) is 49.8 Å². The van der Waals surface area contributed by atoms with Gasteiger partial charge in [-0.05, 0) is 28.8 Å². The van der Waals surface area contributed by atoms with E-state index in [0.29, 0.717) is 0 Å². The Morgan fingerprint density at radius 3 is 2.21 bits per heavy atom. The molecule has 1 fully saturated rings. The lowest BCUT2D eigenvalue weighted by Crippen LogP contribution is -2.44. The summed E-state index contributed by atoms with van der Waals surface area (Å²) < 4.78 is 0. The van der Waals surface area contributed by atoms with Gasteiger partial charge in [0.05, 0.1) is 0 Å². The first-order chi connectivity index (χ1) is 14.3. The van der Waals surface area contributed by atoms with Crippen molar-refractivity contribution in [2.45, 2.75) is 25.1 Å². The molecule has 0 amide bonds. The van der Waals surface area contributed by atoms with E-state index in [-0.39, 0.29) is 0 Å². The maximum atomic E-state index is 5.97. The number of hydrogen-bond donors (Lipinski definition) is 1. The fourth-order valence-electron chi connectivity index (χ4n) is 4.00. The number of piperidine rings is 1. The number of nitrogens with one attached hydrogen (secondary N) is 1. The van der Waals surface area contributed by atoms with Gasteiger partial charge in [-0.2, -0.15) is 0 Å². The van der Waals surface area contributed by atoms with Gasteiger partial charge < -0.3 is 0 Å². The highest BCUT2D eigenvalue weighted by Gasteiger charge is 2.40. The van der Waals surface area contributed by atoms with Gasteiger partial charge in [0.15, 0.2) is 11.6 Å². The second kappa shape index (κ2) is 7.78. The normalized spacial score (nSPS) is 18.4. The zero-order valence-electron chi connectivity index (χ0n) is 16.3. The highest BCUT2D eigenvalue weighted by Crippen LogP contribution is 2.32. The Morgan fingerprint density at radius 2 is 1.48 bits per heavy atom. The van der Waals surface area contributed by atoms with Crippen LogP contribution in [0.2, 0.25) is 0 Å². The second-order valence-corrected chi connectivity index (χ2v) is 7.69. The monoisotopic (exact) mass is 384 g/mol. The van der Waals surface area contributed by atoms with E-state index >= 15 is 0 Å². The Kier molecular flexibility index (Phi) is 4.84. The van der Waals surface area contributed by atoms with Crippen LogP contribution in [0.25, 0.3) is 11.1 Å². The summed E-state index contributed by atoms with van der Waals surface area (Å²) in [4.78, 5) is 17.5. The predicted octanol–water partition coefficient (Wildman–Crippen LogP) is 4.02. The van der Waals surface area contributed by atoms with E-state index in [1.165, 1.54) is 11.1 Å². The minimum absolute atomic E-state index is 0.438. The van der Waals surface area contributed by atoms with Gasteiger partial charge in [0, 0.05) is 50.4 Å². The van der Waals surface area contributed by atoms with Crippen LogP contribution in [0.3, 0.4) is 0 Å². The van der Waals surface area contributed by atoms with Crippen molar-refractivity contribution in [3.8, 4) is 11.1 Å².